The van der Waals surface area contributed by atoms with Crippen molar-refractivity contribution in [2.75, 3.05) is 33.3 Å². The number of non-ortho nitro benzene ring substituents is 1. The molecule has 2 aliphatic heterocycles. The summed E-state index contributed by atoms with van der Waals surface area (Å²) < 4.78 is 5.47. The van der Waals surface area contributed by atoms with Gasteiger partial charge in [0.25, 0.3) is 11.6 Å². The standard InChI is InChI=1S/C28H29N3O4/c1-35-26-8-4-7-22(15-26)27-19-30(28(32)21-9-11-25(12-10-21)31(33)34)18-24(27)17-29-14-13-20-5-2-3-6-23(20)16-29/h2-12,15,24,27H,13-14,16-19H2,1H3/t24-,27-/m1/s1. The lowest BCUT2D eigenvalue weighted by molar-refractivity contribution is -0.384. The number of ether oxygens (including phenoxy) is 1. The molecule has 1 saturated heterocycles. The summed E-state index contributed by atoms with van der Waals surface area (Å²) >= 11 is 0. The molecule has 7 heteroatoms. The molecule has 1 amide bonds. The quantitative estimate of drug-likeness (QED) is 0.390. The minimum atomic E-state index is -0.449. The molecule has 2 atom stereocenters. The molecule has 35 heavy (non-hydrogen) atoms. The number of nitro benzene ring substituents is 1. The third-order valence-electron chi connectivity index (χ3n) is 7.28. The minimum absolute atomic E-state index is 0.0134. The second kappa shape index (κ2) is 9.88. The number of nitrogens with zero attached hydrogens (tertiary/aromatic N) is 3. The van der Waals surface area contributed by atoms with E-state index in [0.29, 0.717) is 18.7 Å². The fraction of sp³-hybridized carbons (Fsp3) is 0.321. The first-order chi connectivity index (χ1) is 17.0. The van der Waals surface area contributed by atoms with Crippen molar-refractivity contribution < 1.29 is 14.5 Å². The summed E-state index contributed by atoms with van der Waals surface area (Å²) in [5.74, 6) is 1.19. The minimum Gasteiger partial charge on any atom is -0.497 e. The number of benzene rings is 3. The Bertz CT molecular complexity index is 1230. The summed E-state index contributed by atoms with van der Waals surface area (Å²) in [5, 5.41) is 11.0. The van der Waals surface area contributed by atoms with Gasteiger partial charge in [0.05, 0.1) is 12.0 Å². The van der Waals surface area contributed by atoms with Crippen molar-refractivity contribution in [2.45, 2.75) is 18.9 Å². The molecule has 0 N–H and O–H groups in total. The van der Waals surface area contributed by atoms with Crippen molar-refractivity contribution in [1.29, 1.82) is 0 Å². The van der Waals surface area contributed by atoms with Crippen LogP contribution in [0.3, 0.4) is 0 Å². The molecule has 2 aliphatic rings. The Morgan fingerprint density at radius 1 is 1.03 bits per heavy atom. The van der Waals surface area contributed by atoms with Gasteiger partial charge in [0.15, 0.2) is 0 Å². The van der Waals surface area contributed by atoms with Gasteiger partial charge in [-0.3, -0.25) is 19.8 Å². The number of hydrogen-bond acceptors (Lipinski definition) is 5. The Hall–Kier alpha value is -3.71. The van der Waals surface area contributed by atoms with Gasteiger partial charge >= 0.3 is 0 Å². The van der Waals surface area contributed by atoms with Gasteiger partial charge in [-0.05, 0) is 53.3 Å². The lowest BCUT2D eigenvalue weighted by atomic mass is 9.87. The summed E-state index contributed by atoms with van der Waals surface area (Å²) in [7, 11) is 1.67. The molecule has 2 heterocycles. The topological polar surface area (TPSA) is 75.9 Å². The van der Waals surface area contributed by atoms with E-state index in [9.17, 15) is 14.9 Å². The van der Waals surface area contributed by atoms with Gasteiger partial charge in [-0.25, -0.2) is 0 Å². The number of methoxy groups -OCH3 is 1. The van der Waals surface area contributed by atoms with E-state index >= 15 is 0 Å². The van der Waals surface area contributed by atoms with E-state index in [-0.39, 0.29) is 23.4 Å². The first-order valence-electron chi connectivity index (χ1n) is 12.0. The zero-order chi connectivity index (χ0) is 24.4. The Kier molecular flexibility index (Phi) is 6.51. The SMILES string of the molecule is COc1cccc([C@H]2CN(C(=O)c3ccc([N+](=O)[O-])cc3)C[C@H]2CN2CCc3ccccc3C2)c1. The van der Waals surface area contributed by atoms with Crippen LogP contribution in [-0.4, -0.2) is 53.9 Å². The average molecular weight is 472 g/mol. The highest BCUT2D eigenvalue weighted by molar-refractivity contribution is 5.94. The number of rotatable bonds is 6. The number of hydrogen-bond donors (Lipinski definition) is 0. The predicted molar refractivity (Wildman–Crippen MR) is 134 cm³/mol. The fourth-order valence-corrected chi connectivity index (χ4v) is 5.42. The first-order valence-corrected chi connectivity index (χ1v) is 12.0. The average Bonchev–Trinajstić information content (AvgIpc) is 3.32. The molecule has 0 saturated carbocycles. The molecule has 1 fully saturated rings. The van der Waals surface area contributed by atoms with Crippen molar-refractivity contribution in [3.63, 3.8) is 0 Å². The summed E-state index contributed by atoms with van der Waals surface area (Å²) in [6.07, 6.45) is 1.04. The zero-order valence-electron chi connectivity index (χ0n) is 19.8. The Balaban J connectivity index is 1.37. The van der Waals surface area contributed by atoms with Gasteiger partial charge in [0.1, 0.15) is 5.75 Å². The summed E-state index contributed by atoms with van der Waals surface area (Å²) in [5.41, 5.74) is 4.45. The van der Waals surface area contributed by atoms with Crippen LogP contribution in [0.1, 0.15) is 33.0 Å². The van der Waals surface area contributed by atoms with E-state index in [1.807, 2.05) is 17.0 Å². The van der Waals surface area contributed by atoms with Crippen LogP contribution < -0.4 is 4.74 Å². The van der Waals surface area contributed by atoms with Crippen molar-refractivity contribution in [2.24, 2.45) is 5.92 Å². The molecule has 0 aromatic heterocycles. The molecule has 3 aromatic rings. The Labute approximate surface area is 205 Å². The predicted octanol–water partition coefficient (Wildman–Crippen LogP) is 4.52. The summed E-state index contributed by atoms with van der Waals surface area (Å²) in [6, 6.07) is 22.6. The van der Waals surface area contributed by atoms with E-state index < -0.39 is 4.92 Å². The van der Waals surface area contributed by atoms with Crippen LogP contribution in [0, 0.1) is 16.0 Å². The second-order valence-electron chi connectivity index (χ2n) is 9.41. The van der Waals surface area contributed by atoms with E-state index in [4.69, 9.17) is 4.74 Å². The number of carbonyl (C=O) groups excluding carboxylic acids is 1. The van der Waals surface area contributed by atoms with Gasteiger partial charge in [0, 0.05) is 56.3 Å². The number of fused-ring (bicyclic) bond motifs is 1. The number of likely N-dealkylation sites (tertiary alicyclic amines) is 1. The zero-order valence-corrected chi connectivity index (χ0v) is 19.8. The van der Waals surface area contributed by atoms with Crippen LogP contribution in [0.4, 0.5) is 5.69 Å². The van der Waals surface area contributed by atoms with E-state index in [1.165, 1.54) is 28.8 Å². The van der Waals surface area contributed by atoms with Crippen LogP contribution in [-0.2, 0) is 13.0 Å². The number of amides is 1. The maximum Gasteiger partial charge on any atom is 0.269 e. The van der Waals surface area contributed by atoms with Crippen LogP contribution in [0.25, 0.3) is 0 Å². The van der Waals surface area contributed by atoms with Crippen molar-refractivity contribution >= 4 is 11.6 Å². The van der Waals surface area contributed by atoms with Crippen LogP contribution >= 0.6 is 0 Å². The maximum absolute atomic E-state index is 13.3. The van der Waals surface area contributed by atoms with Crippen LogP contribution in [0.5, 0.6) is 5.75 Å². The fourth-order valence-electron chi connectivity index (χ4n) is 5.42. The molecule has 0 unspecified atom stereocenters. The van der Waals surface area contributed by atoms with Gasteiger partial charge in [-0.1, -0.05) is 36.4 Å². The second-order valence-corrected chi connectivity index (χ2v) is 9.41. The number of nitro groups is 1. The van der Waals surface area contributed by atoms with Gasteiger partial charge in [0.2, 0.25) is 0 Å². The van der Waals surface area contributed by atoms with Gasteiger partial charge < -0.3 is 9.64 Å². The van der Waals surface area contributed by atoms with Crippen molar-refractivity contribution in [1.82, 2.24) is 9.80 Å². The monoisotopic (exact) mass is 471 g/mol. The van der Waals surface area contributed by atoms with Crippen molar-refractivity contribution in [3.05, 3.63) is 105 Å². The molecule has 0 radical (unpaired) electrons. The molecule has 0 bridgehead atoms. The summed E-state index contributed by atoms with van der Waals surface area (Å²) in [6.45, 7) is 4.09. The molecule has 5 rings (SSSR count). The van der Waals surface area contributed by atoms with Gasteiger partial charge in [-0.2, -0.15) is 0 Å². The summed E-state index contributed by atoms with van der Waals surface area (Å²) in [4.78, 5) is 28.3. The lowest BCUT2D eigenvalue weighted by Crippen LogP contribution is -2.37. The molecule has 180 valence electrons. The van der Waals surface area contributed by atoms with E-state index in [0.717, 1.165) is 31.8 Å². The normalized spacial score (nSPS) is 19.9. The Morgan fingerprint density at radius 3 is 2.54 bits per heavy atom. The highest BCUT2D eigenvalue weighted by atomic mass is 16.6. The molecular formula is C28H29N3O4. The van der Waals surface area contributed by atoms with Crippen molar-refractivity contribution in [3.8, 4) is 5.75 Å². The molecular weight excluding hydrogens is 442 g/mol. The van der Waals surface area contributed by atoms with E-state index in [1.54, 1.807) is 19.2 Å². The molecule has 0 aliphatic carbocycles. The highest BCUT2D eigenvalue weighted by Gasteiger charge is 2.38. The Morgan fingerprint density at radius 2 is 1.80 bits per heavy atom. The number of carbonyl (C=O) groups is 1. The smallest absolute Gasteiger partial charge is 0.269 e. The molecule has 3 aromatic carbocycles. The van der Waals surface area contributed by atoms with E-state index in [2.05, 4.69) is 41.3 Å². The third kappa shape index (κ3) is 4.91. The lowest BCUT2D eigenvalue weighted by Gasteiger charge is -2.32. The van der Waals surface area contributed by atoms with Gasteiger partial charge in [-0.15, -0.1) is 0 Å². The molecule has 7 nitrogen and oxygen atoms in total. The maximum atomic E-state index is 13.3. The third-order valence-corrected chi connectivity index (χ3v) is 7.28. The van der Waals surface area contributed by atoms with Crippen LogP contribution in [0.2, 0.25) is 0 Å². The van der Waals surface area contributed by atoms with Crippen LogP contribution in [0.15, 0.2) is 72.8 Å². The highest BCUT2D eigenvalue weighted by Crippen LogP contribution is 2.36. The first kappa shape index (κ1) is 23.1. The largest absolute Gasteiger partial charge is 0.497 e. The molecule has 0 spiro atoms.